The number of hydrogen-bond acceptors (Lipinski definition) is 2. The molecule has 0 radical (unpaired) electrons. The summed E-state index contributed by atoms with van der Waals surface area (Å²) in [5.74, 6) is 0. The molecular formula is C9H10BrN3. The monoisotopic (exact) mass is 239 g/mol. The second kappa shape index (κ2) is 2.85. The quantitative estimate of drug-likeness (QED) is 0.795. The fourth-order valence-electron chi connectivity index (χ4n) is 1.34. The van der Waals surface area contributed by atoms with Gasteiger partial charge >= 0.3 is 0 Å². The van der Waals surface area contributed by atoms with Gasteiger partial charge in [-0.3, -0.25) is 4.68 Å². The molecule has 1 heterocycles. The lowest BCUT2D eigenvalue weighted by Gasteiger charge is -2.04. The van der Waals surface area contributed by atoms with E-state index in [1.54, 1.807) is 0 Å². The van der Waals surface area contributed by atoms with E-state index in [-0.39, 0.29) is 5.41 Å². The van der Waals surface area contributed by atoms with Gasteiger partial charge in [0.15, 0.2) is 0 Å². The van der Waals surface area contributed by atoms with Crippen molar-refractivity contribution >= 4 is 15.9 Å². The van der Waals surface area contributed by atoms with Gasteiger partial charge in [-0.1, -0.05) is 0 Å². The minimum atomic E-state index is -0.113. The zero-order valence-electron chi connectivity index (χ0n) is 7.42. The topological polar surface area (TPSA) is 41.6 Å². The molecule has 0 aliphatic heterocycles. The minimum absolute atomic E-state index is 0.113. The van der Waals surface area contributed by atoms with Crippen LogP contribution in [0.1, 0.15) is 18.5 Å². The van der Waals surface area contributed by atoms with Crippen molar-refractivity contribution in [1.82, 2.24) is 9.78 Å². The summed E-state index contributed by atoms with van der Waals surface area (Å²) < 4.78 is 2.87. The van der Waals surface area contributed by atoms with E-state index in [4.69, 9.17) is 5.26 Å². The fraction of sp³-hybridized carbons (Fsp3) is 0.556. The van der Waals surface area contributed by atoms with Crippen molar-refractivity contribution in [3.8, 4) is 6.07 Å². The maximum absolute atomic E-state index is 8.89. The highest BCUT2D eigenvalue weighted by Gasteiger charge is 2.43. The van der Waals surface area contributed by atoms with E-state index in [2.05, 4.69) is 27.1 Å². The molecule has 2 rings (SSSR count). The van der Waals surface area contributed by atoms with Gasteiger partial charge in [0.2, 0.25) is 0 Å². The maximum atomic E-state index is 8.89. The van der Waals surface area contributed by atoms with Gasteiger partial charge in [-0.15, -0.1) is 0 Å². The first kappa shape index (κ1) is 8.76. The summed E-state index contributed by atoms with van der Waals surface area (Å²) in [6.45, 7) is 2.68. The second-order valence-electron chi connectivity index (χ2n) is 3.65. The molecule has 13 heavy (non-hydrogen) atoms. The molecule has 0 amide bonds. The number of rotatable bonds is 2. The van der Waals surface area contributed by atoms with Crippen molar-refractivity contribution in [3.05, 3.63) is 16.4 Å². The normalized spacial score (nSPS) is 18.2. The molecule has 1 aromatic heterocycles. The summed E-state index contributed by atoms with van der Waals surface area (Å²) in [4.78, 5) is 0. The number of aryl methyl sites for hydroxylation is 1. The summed E-state index contributed by atoms with van der Waals surface area (Å²) in [7, 11) is 0. The predicted octanol–water partition coefficient (Wildman–Crippen LogP) is 2.26. The Morgan fingerprint density at radius 2 is 2.46 bits per heavy atom. The van der Waals surface area contributed by atoms with E-state index in [1.165, 1.54) is 0 Å². The lowest BCUT2D eigenvalue weighted by atomic mass is 10.1. The van der Waals surface area contributed by atoms with Crippen LogP contribution < -0.4 is 0 Å². The van der Waals surface area contributed by atoms with Gasteiger partial charge < -0.3 is 0 Å². The van der Waals surface area contributed by atoms with Crippen LogP contribution in [0.15, 0.2) is 10.7 Å². The molecule has 0 atom stereocenters. The van der Waals surface area contributed by atoms with Crippen molar-refractivity contribution in [2.45, 2.75) is 26.3 Å². The summed E-state index contributed by atoms with van der Waals surface area (Å²) in [6, 6.07) is 2.35. The van der Waals surface area contributed by atoms with E-state index in [0.717, 1.165) is 29.6 Å². The lowest BCUT2D eigenvalue weighted by Crippen LogP contribution is -2.09. The summed E-state index contributed by atoms with van der Waals surface area (Å²) in [5, 5.41) is 13.2. The molecular weight excluding hydrogens is 230 g/mol. The van der Waals surface area contributed by atoms with Gasteiger partial charge in [-0.05, 0) is 35.7 Å². The zero-order chi connectivity index (χ0) is 9.47. The van der Waals surface area contributed by atoms with Gasteiger partial charge in [-0.25, -0.2) is 0 Å². The third-order valence-electron chi connectivity index (χ3n) is 2.44. The van der Waals surface area contributed by atoms with Gasteiger partial charge in [0, 0.05) is 6.20 Å². The Hall–Kier alpha value is -0.820. The second-order valence-corrected chi connectivity index (χ2v) is 4.51. The lowest BCUT2D eigenvalue weighted by molar-refractivity contribution is 0.483. The average Bonchev–Trinajstić information content (AvgIpc) is 2.78. The Morgan fingerprint density at radius 1 is 1.77 bits per heavy atom. The van der Waals surface area contributed by atoms with E-state index >= 15 is 0 Å². The largest absolute Gasteiger partial charge is 0.270 e. The number of nitrogens with zero attached hydrogens (tertiary/aromatic N) is 3. The summed E-state index contributed by atoms with van der Waals surface area (Å²) in [6.07, 6.45) is 3.97. The maximum Gasteiger partial charge on any atom is 0.0770 e. The van der Waals surface area contributed by atoms with E-state index in [0.29, 0.717) is 0 Å². The Balaban J connectivity index is 2.15. The van der Waals surface area contributed by atoms with Crippen molar-refractivity contribution in [2.24, 2.45) is 5.41 Å². The van der Waals surface area contributed by atoms with E-state index in [9.17, 15) is 0 Å². The van der Waals surface area contributed by atoms with Gasteiger partial charge in [0.05, 0.1) is 28.2 Å². The SMILES string of the molecule is Cc1nn(CC2(C#N)CC2)cc1Br. The highest BCUT2D eigenvalue weighted by molar-refractivity contribution is 9.10. The molecule has 1 aromatic rings. The molecule has 3 nitrogen and oxygen atoms in total. The van der Waals surface area contributed by atoms with Crippen LogP contribution in [-0.4, -0.2) is 9.78 Å². The van der Waals surface area contributed by atoms with Crippen LogP contribution in [0.25, 0.3) is 0 Å². The Bertz CT molecular complexity index is 351. The zero-order valence-corrected chi connectivity index (χ0v) is 9.00. The molecule has 0 unspecified atom stereocenters. The minimum Gasteiger partial charge on any atom is -0.270 e. The highest BCUT2D eigenvalue weighted by Crippen LogP contribution is 2.46. The first-order chi connectivity index (χ1) is 6.15. The molecule has 1 aliphatic rings. The Morgan fingerprint density at radius 3 is 2.85 bits per heavy atom. The molecule has 68 valence electrons. The van der Waals surface area contributed by atoms with Crippen molar-refractivity contribution in [2.75, 3.05) is 0 Å². The van der Waals surface area contributed by atoms with Crippen LogP contribution in [0.4, 0.5) is 0 Å². The summed E-state index contributed by atoms with van der Waals surface area (Å²) in [5.41, 5.74) is 0.867. The van der Waals surface area contributed by atoms with Gasteiger partial charge in [0.25, 0.3) is 0 Å². The molecule has 0 spiro atoms. The van der Waals surface area contributed by atoms with Crippen LogP contribution in [0.2, 0.25) is 0 Å². The average molecular weight is 240 g/mol. The number of aromatic nitrogens is 2. The Kier molecular flexibility index (Phi) is 1.92. The molecule has 1 saturated carbocycles. The molecule has 1 fully saturated rings. The predicted molar refractivity (Wildman–Crippen MR) is 51.9 cm³/mol. The standard InChI is InChI=1S/C9H10BrN3/c1-7-8(10)4-13(12-7)6-9(5-11)2-3-9/h4H,2-3,6H2,1H3. The molecule has 1 aliphatic carbocycles. The van der Waals surface area contributed by atoms with Crippen molar-refractivity contribution < 1.29 is 0 Å². The Labute approximate surface area is 85.5 Å². The van der Waals surface area contributed by atoms with Gasteiger partial charge in [-0.2, -0.15) is 10.4 Å². The van der Waals surface area contributed by atoms with Crippen LogP contribution in [0.3, 0.4) is 0 Å². The van der Waals surface area contributed by atoms with Crippen LogP contribution in [0.5, 0.6) is 0 Å². The van der Waals surface area contributed by atoms with Crippen LogP contribution in [-0.2, 0) is 6.54 Å². The van der Waals surface area contributed by atoms with Crippen molar-refractivity contribution in [1.29, 1.82) is 5.26 Å². The smallest absolute Gasteiger partial charge is 0.0770 e. The highest BCUT2D eigenvalue weighted by atomic mass is 79.9. The first-order valence-electron chi connectivity index (χ1n) is 4.26. The molecule has 0 saturated heterocycles. The first-order valence-corrected chi connectivity index (χ1v) is 5.05. The fourth-order valence-corrected chi connectivity index (χ4v) is 1.66. The third kappa shape index (κ3) is 1.61. The summed E-state index contributed by atoms with van der Waals surface area (Å²) >= 11 is 3.40. The molecule has 0 bridgehead atoms. The van der Waals surface area contributed by atoms with Gasteiger partial charge in [0.1, 0.15) is 0 Å². The number of hydrogen-bond donors (Lipinski definition) is 0. The van der Waals surface area contributed by atoms with Crippen molar-refractivity contribution in [3.63, 3.8) is 0 Å². The molecule has 4 heteroatoms. The van der Waals surface area contributed by atoms with Crippen LogP contribution in [0, 0.1) is 23.7 Å². The molecule has 0 N–H and O–H groups in total. The molecule has 0 aromatic carbocycles. The van der Waals surface area contributed by atoms with E-state index in [1.807, 2.05) is 17.8 Å². The van der Waals surface area contributed by atoms with Crippen LogP contribution >= 0.6 is 15.9 Å². The van der Waals surface area contributed by atoms with E-state index < -0.39 is 0 Å². The third-order valence-corrected chi connectivity index (χ3v) is 3.22. The number of nitriles is 1. The number of halogens is 1.